The fraction of sp³-hybridized carbons (Fsp3) is 0.421. The molecule has 5 heteroatoms. The lowest BCUT2D eigenvalue weighted by atomic mass is 9.74. The minimum Gasteiger partial charge on any atom is -0.493 e. The van der Waals surface area contributed by atoms with E-state index < -0.39 is 0 Å². The average Bonchev–Trinajstić information content (AvgIpc) is 3.20. The Hall–Kier alpha value is -1.85. The van der Waals surface area contributed by atoms with Crippen LogP contribution in [0.25, 0.3) is 0 Å². The third-order valence-corrected chi connectivity index (χ3v) is 5.69. The van der Waals surface area contributed by atoms with E-state index in [9.17, 15) is 9.90 Å². The Kier molecular flexibility index (Phi) is 4.29. The molecule has 0 bridgehead atoms. The molecule has 1 aromatic carbocycles. The number of aliphatic hydroxyl groups excluding tert-OH is 1. The SMILES string of the molecule is O=C(Cc1ccsc1)N[C@H](c1ccc2c(c1)CCO2)C1CC(O)C1. The molecule has 2 aromatic rings. The molecule has 0 unspecified atom stereocenters. The molecule has 1 aliphatic carbocycles. The second-order valence-corrected chi connectivity index (χ2v) is 7.48. The molecule has 24 heavy (non-hydrogen) atoms. The van der Waals surface area contributed by atoms with Crippen molar-refractivity contribution in [1.29, 1.82) is 0 Å². The average molecular weight is 343 g/mol. The van der Waals surface area contributed by atoms with Gasteiger partial charge in [0.05, 0.1) is 25.2 Å². The lowest BCUT2D eigenvalue weighted by Gasteiger charge is -2.38. The summed E-state index contributed by atoms with van der Waals surface area (Å²) in [6, 6.07) is 8.15. The normalized spacial score (nSPS) is 23.0. The van der Waals surface area contributed by atoms with Gasteiger partial charge < -0.3 is 15.2 Å². The summed E-state index contributed by atoms with van der Waals surface area (Å²) in [5.74, 6) is 1.29. The van der Waals surface area contributed by atoms with Gasteiger partial charge in [-0.25, -0.2) is 0 Å². The second kappa shape index (κ2) is 6.57. The number of ether oxygens (including phenoxy) is 1. The van der Waals surface area contributed by atoms with Gasteiger partial charge in [-0.3, -0.25) is 4.79 Å². The Balaban J connectivity index is 1.52. The van der Waals surface area contributed by atoms with E-state index in [0.717, 1.165) is 42.7 Å². The van der Waals surface area contributed by atoms with E-state index in [1.165, 1.54) is 5.56 Å². The quantitative estimate of drug-likeness (QED) is 0.878. The number of nitrogens with one attached hydrogen (secondary N) is 1. The Bertz CT molecular complexity index is 722. The predicted octanol–water partition coefficient (Wildman–Crippen LogP) is 2.85. The van der Waals surface area contributed by atoms with Crippen LogP contribution in [-0.2, 0) is 17.6 Å². The van der Waals surface area contributed by atoms with Crippen molar-refractivity contribution in [2.45, 2.75) is 37.8 Å². The van der Waals surface area contributed by atoms with Gasteiger partial charge in [-0.1, -0.05) is 6.07 Å². The summed E-state index contributed by atoms with van der Waals surface area (Å²) in [6.07, 6.45) is 2.59. The fourth-order valence-electron chi connectivity index (χ4n) is 3.58. The van der Waals surface area contributed by atoms with Gasteiger partial charge in [-0.15, -0.1) is 0 Å². The third-order valence-electron chi connectivity index (χ3n) is 4.95. The van der Waals surface area contributed by atoms with Crippen molar-refractivity contribution in [3.05, 3.63) is 51.7 Å². The molecule has 126 valence electrons. The Labute approximate surface area is 145 Å². The smallest absolute Gasteiger partial charge is 0.224 e. The molecule has 2 heterocycles. The maximum atomic E-state index is 12.5. The molecule has 4 nitrogen and oxygen atoms in total. The summed E-state index contributed by atoms with van der Waals surface area (Å²) in [6.45, 7) is 0.732. The zero-order valence-corrected chi connectivity index (χ0v) is 14.2. The van der Waals surface area contributed by atoms with E-state index in [-0.39, 0.29) is 18.1 Å². The minimum atomic E-state index is -0.232. The number of carbonyl (C=O) groups is 1. The molecular weight excluding hydrogens is 322 g/mol. The van der Waals surface area contributed by atoms with Crippen LogP contribution in [0.3, 0.4) is 0 Å². The Morgan fingerprint density at radius 2 is 2.25 bits per heavy atom. The highest BCUT2D eigenvalue weighted by molar-refractivity contribution is 7.08. The van der Waals surface area contributed by atoms with Gasteiger partial charge in [-0.2, -0.15) is 11.3 Å². The van der Waals surface area contributed by atoms with E-state index in [0.29, 0.717) is 12.3 Å². The van der Waals surface area contributed by atoms with Gasteiger partial charge in [-0.05, 0) is 64.4 Å². The van der Waals surface area contributed by atoms with Crippen LogP contribution in [0.4, 0.5) is 0 Å². The maximum Gasteiger partial charge on any atom is 0.224 e. The highest BCUT2D eigenvalue weighted by Crippen LogP contribution is 2.39. The molecule has 2 N–H and O–H groups in total. The van der Waals surface area contributed by atoms with Gasteiger partial charge in [0.25, 0.3) is 0 Å². The van der Waals surface area contributed by atoms with Crippen LogP contribution in [0, 0.1) is 5.92 Å². The first kappa shape index (κ1) is 15.7. The predicted molar refractivity (Wildman–Crippen MR) is 93.3 cm³/mol. The van der Waals surface area contributed by atoms with Gasteiger partial charge >= 0.3 is 0 Å². The van der Waals surface area contributed by atoms with Crippen LogP contribution in [-0.4, -0.2) is 23.7 Å². The zero-order chi connectivity index (χ0) is 16.5. The molecule has 1 aliphatic heterocycles. The monoisotopic (exact) mass is 343 g/mol. The van der Waals surface area contributed by atoms with Crippen LogP contribution in [0.5, 0.6) is 5.75 Å². The van der Waals surface area contributed by atoms with Crippen molar-refractivity contribution in [3.63, 3.8) is 0 Å². The summed E-state index contributed by atoms with van der Waals surface area (Å²) >= 11 is 1.61. The lowest BCUT2D eigenvalue weighted by molar-refractivity contribution is -0.122. The first-order chi connectivity index (χ1) is 11.7. The number of hydrogen-bond acceptors (Lipinski definition) is 4. The van der Waals surface area contributed by atoms with Crippen LogP contribution < -0.4 is 10.1 Å². The van der Waals surface area contributed by atoms with Gasteiger partial charge in [0.1, 0.15) is 5.75 Å². The molecule has 4 rings (SSSR count). The first-order valence-electron chi connectivity index (χ1n) is 8.43. The molecule has 1 amide bonds. The Morgan fingerprint density at radius 3 is 3.00 bits per heavy atom. The highest BCUT2D eigenvalue weighted by Gasteiger charge is 2.36. The number of carbonyl (C=O) groups excluding carboxylic acids is 1. The summed E-state index contributed by atoms with van der Waals surface area (Å²) < 4.78 is 5.58. The Morgan fingerprint density at radius 1 is 1.38 bits per heavy atom. The van der Waals surface area contributed by atoms with Crippen molar-refractivity contribution in [2.24, 2.45) is 5.92 Å². The van der Waals surface area contributed by atoms with E-state index >= 15 is 0 Å². The van der Waals surface area contributed by atoms with Crippen LogP contribution in [0.2, 0.25) is 0 Å². The van der Waals surface area contributed by atoms with Crippen LogP contribution >= 0.6 is 11.3 Å². The minimum absolute atomic E-state index is 0.0366. The van der Waals surface area contributed by atoms with Gasteiger partial charge in [0.2, 0.25) is 5.91 Å². The number of amides is 1. The number of hydrogen-bond donors (Lipinski definition) is 2. The van der Waals surface area contributed by atoms with E-state index in [1.807, 2.05) is 29.0 Å². The molecule has 2 aliphatic rings. The summed E-state index contributed by atoms with van der Waals surface area (Å²) in [7, 11) is 0. The summed E-state index contributed by atoms with van der Waals surface area (Å²) in [5, 5.41) is 16.9. The summed E-state index contributed by atoms with van der Waals surface area (Å²) in [4.78, 5) is 12.5. The number of benzene rings is 1. The molecule has 0 spiro atoms. The molecule has 1 saturated carbocycles. The first-order valence-corrected chi connectivity index (χ1v) is 9.37. The highest BCUT2D eigenvalue weighted by atomic mass is 32.1. The lowest BCUT2D eigenvalue weighted by Crippen LogP contribution is -2.41. The van der Waals surface area contributed by atoms with Crippen LogP contribution in [0.15, 0.2) is 35.0 Å². The standard InChI is InChI=1S/C19H21NO3S/c21-16-9-15(10-16)19(20-18(22)7-12-4-6-24-11-12)14-1-2-17-13(8-14)3-5-23-17/h1-2,4,6,8,11,15-16,19,21H,3,5,7,9-10H2,(H,20,22)/t15?,16?,19-/m1/s1. The van der Waals surface area contributed by atoms with Crippen LogP contribution in [0.1, 0.15) is 35.6 Å². The number of thiophene rings is 1. The number of rotatable bonds is 5. The van der Waals surface area contributed by atoms with Crippen molar-refractivity contribution < 1.29 is 14.6 Å². The van der Waals surface area contributed by atoms with Gasteiger partial charge in [0, 0.05) is 6.42 Å². The van der Waals surface area contributed by atoms with Crippen molar-refractivity contribution in [3.8, 4) is 5.75 Å². The van der Waals surface area contributed by atoms with Gasteiger partial charge in [0.15, 0.2) is 0 Å². The zero-order valence-electron chi connectivity index (χ0n) is 13.4. The molecule has 1 aromatic heterocycles. The van der Waals surface area contributed by atoms with E-state index in [1.54, 1.807) is 11.3 Å². The molecule has 0 radical (unpaired) electrons. The molecule has 1 fully saturated rings. The topological polar surface area (TPSA) is 58.6 Å². The molecular formula is C19H21NO3S. The third kappa shape index (κ3) is 3.19. The van der Waals surface area contributed by atoms with E-state index in [4.69, 9.17) is 4.74 Å². The van der Waals surface area contributed by atoms with E-state index in [2.05, 4.69) is 11.4 Å². The summed E-state index contributed by atoms with van der Waals surface area (Å²) in [5.41, 5.74) is 3.38. The fourth-order valence-corrected chi connectivity index (χ4v) is 4.25. The number of fused-ring (bicyclic) bond motifs is 1. The molecule has 0 saturated heterocycles. The maximum absolute atomic E-state index is 12.5. The van der Waals surface area contributed by atoms with Crippen molar-refractivity contribution >= 4 is 17.2 Å². The largest absolute Gasteiger partial charge is 0.493 e. The van der Waals surface area contributed by atoms with Crippen molar-refractivity contribution in [2.75, 3.05) is 6.61 Å². The second-order valence-electron chi connectivity index (χ2n) is 6.70. The molecule has 1 atom stereocenters. The number of aliphatic hydroxyl groups is 1. The van der Waals surface area contributed by atoms with Crippen molar-refractivity contribution in [1.82, 2.24) is 5.32 Å².